The number of carboxylic acids is 1. The number of nitrogens with zero attached hydrogens (tertiary/aromatic N) is 2. The van der Waals surface area contributed by atoms with Crippen molar-refractivity contribution < 1.29 is 19.4 Å². The van der Waals surface area contributed by atoms with Gasteiger partial charge in [0.1, 0.15) is 0 Å². The van der Waals surface area contributed by atoms with Crippen molar-refractivity contribution in [3.8, 4) is 5.88 Å². The van der Waals surface area contributed by atoms with Crippen LogP contribution < -0.4 is 10.1 Å². The third-order valence-corrected chi connectivity index (χ3v) is 4.15. The van der Waals surface area contributed by atoms with Crippen LogP contribution in [0.5, 0.6) is 5.88 Å². The largest absolute Gasteiger partial charge is 0.481 e. The molecule has 1 aromatic heterocycles. The standard InChI is InChI=1S/C14H15N3O4/c1-21-10-5-4-9(16-17-10)15-13(18)11-7-2-3-8(6-7)12(11)14(19)20/h2-5,7-8,11-12H,6H2,1H3,(H,19,20)(H,15,16,18)/t7-,8-,11-,12-/m0/s1. The van der Waals surface area contributed by atoms with E-state index in [-0.39, 0.29) is 23.6 Å². The van der Waals surface area contributed by atoms with Crippen molar-refractivity contribution in [2.24, 2.45) is 23.7 Å². The number of anilines is 1. The molecule has 110 valence electrons. The van der Waals surface area contributed by atoms with Crippen LogP contribution >= 0.6 is 0 Å². The lowest BCUT2D eigenvalue weighted by molar-refractivity contribution is -0.146. The molecule has 2 aliphatic carbocycles. The molecule has 3 rings (SSSR count). The lowest BCUT2D eigenvalue weighted by Crippen LogP contribution is -2.36. The van der Waals surface area contributed by atoms with E-state index in [4.69, 9.17) is 4.74 Å². The summed E-state index contributed by atoms with van der Waals surface area (Å²) in [7, 11) is 1.47. The van der Waals surface area contributed by atoms with Crippen molar-refractivity contribution in [2.45, 2.75) is 6.42 Å². The summed E-state index contributed by atoms with van der Waals surface area (Å²) in [5, 5.41) is 19.6. The fourth-order valence-electron chi connectivity index (χ4n) is 3.22. The molecule has 1 amide bonds. The fourth-order valence-corrected chi connectivity index (χ4v) is 3.22. The number of fused-ring (bicyclic) bond motifs is 2. The maximum Gasteiger partial charge on any atom is 0.307 e. The minimum Gasteiger partial charge on any atom is -0.481 e. The van der Waals surface area contributed by atoms with E-state index in [9.17, 15) is 14.7 Å². The van der Waals surface area contributed by atoms with Crippen LogP contribution in [-0.4, -0.2) is 34.3 Å². The number of carbonyl (C=O) groups is 2. The first-order valence-electron chi connectivity index (χ1n) is 6.70. The van der Waals surface area contributed by atoms with Gasteiger partial charge in [-0.3, -0.25) is 9.59 Å². The van der Waals surface area contributed by atoms with E-state index in [2.05, 4.69) is 15.5 Å². The Kier molecular flexibility index (Phi) is 3.32. The Labute approximate surface area is 121 Å². The molecule has 2 N–H and O–H groups in total. The van der Waals surface area contributed by atoms with Gasteiger partial charge in [-0.05, 0) is 24.3 Å². The molecule has 1 saturated carbocycles. The number of methoxy groups -OCH3 is 1. The van der Waals surface area contributed by atoms with Gasteiger partial charge in [0.25, 0.3) is 0 Å². The Morgan fingerprint density at radius 1 is 1.24 bits per heavy atom. The highest BCUT2D eigenvalue weighted by atomic mass is 16.5. The molecule has 0 unspecified atom stereocenters. The van der Waals surface area contributed by atoms with Gasteiger partial charge in [0.15, 0.2) is 5.82 Å². The normalized spacial score (nSPS) is 29.4. The Morgan fingerprint density at radius 2 is 1.95 bits per heavy atom. The third kappa shape index (κ3) is 2.35. The summed E-state index contributed by atoms with van der Waals surface area (Å²) in [6.07, 6.45) is 4.57. The van der Waals surface area contributed by atoms with E-state index < -0.39 is 17.8 Å². The minimum atomic E-state index is -0.923. The summed E-state index contributed by atoms with van der Waals surface area (Å²) >= 11 is 0. The zero-order chi connectivity index (χ0) is 15.0. The molecule has 0 aliphatic heterocycles. The molecule has 2 aliphatic rings. The van der Waals surface area contributed by atoms with Crippen molar-refractivity contribution in [3.63, 3.8) is 0 Å². The lowest BCUT2D eigenvalue weighted by Gasteiger charge is -2.23. The second-order valence-electron chi connectivity index (χ2n) is 5.29. The van der Waals surface area contributed by atoms with Crippen molar-refractivity contribution in [3.05, 3.63) is 24.3 Å². The van der Waals surface area contributed by atoms with Gasteiger partial charge in [-0.15, -0.1) is 10.2 Å². The summed E-state index contributed by atoms with van der Waals surface area (Å²) in [5.74, 6) is -1.89. The van der Waals surface area contributed by atoms with Crippen LogP contribution in [-0.2, 0) is 9.59 Å². The van der Waals surface area contributed by atoms with E-state index in [1.165, 1.54) is 7.11 Å². The fraction of sp³-hybridized carbons (Fsp3) is 0.429. The van der Waals surface area contributed by atoms with Gasteiger partial charge < -0.3 is 15.2 Å². The number of amides is 1. The lowest BCUT2D eigenvalue weighted by atomic mass is 9.82. The third-order valence-electron chi connectivity index (χ3n) is 4.15. The van der Waals surface area contributed by atoms with Crippen LogP contribution in [0.3, 0.4) is 0 Å². The first kappa shape index (κ1) is 13.5. The Bertz CT molecular complexity index is 599. The van der Waals surface area contributed by atoms with Crippen LogP contribution in [0.4, 0.5) is 5.82 Å². The molecule has 0 spiro atoms. The molecule has 7 heteroatoms. The first-order valence-corrected chi connectivity index (χ1v) is 6.70. The average molecular weight is 289 g/mol. The molecule has 1 fully saturated rings. The average Bonchev–Trinajstić information content (AvgIpc) is 3.08. The first-order chi connectivity index (χ1) is 10.1. The number of carboxylic acid groups (broad SMARTS) is 1. The number of ether oxygens (including phenoxy) is 1. The van der Waals surface area contributed by atoms with Crippen LogP contribution in [0.1, 0.15) is 6.42 Å². The number of hydrogen-bond acceptors (Lipinski definition) is 5. The van der Waals surface area contributed by atoms with Gasteiger partial charge >= 0.3 is 5.97 Å². The molecule has 0 saturated heterocycles. The second kappa shape index (κ2) is 5.16. The molecule has 1 aromatic rings. The van der Waals surface area contributed by atoms with Gasteiger partial charge in [-0.2, -0.15) is 0 Å². The summed E-state index contributed by atoms with van der Waals surface area (Å²) in [5.41, 5.74) is 0. The van der Waals surface area contributed by atoms with E-state index in [1.54, 1.807) is 12.1 Å². The number of aliphatic carboxylic acids is 1. The number of rotatable bonds is 4. The summed E-state index contributed by atoms with van der Waals surface area (Å²) < 4.78 is 4.89. The van der Waals surface area contributed by atoms with Crippen molar-refractivity contribution in [1.82, 2.24) is 10.2 Å². The van der Waals surface area contributed by atoms with Crippen molar-refractivity contribution in [1.29, 1.82) is 0 Å². The molecule has 7 nitrogen and oxygen atoms in total. The quantitative estimate of drug-likeness (QED) is 0.800. The number of allylic oxidation sites excluding steroid dienone is 2. The number of aromatic nitrogens is 2. The van der Waals surface area contributed by atoms with Crippen LogP contribution in [0.15, 0.2) is 24.3 Å². The molecule has 2 bridgehead atoms. The van der Waals surface area contributed by atoms with E-state index in [0.29, 0.717) is 5.88 Å². The van der Waals surface area contributed by atoms with E-state index in [0.717, 1.165) is 6.42 Å². The predicted molar refractivity (Wildman–Crippen MR) is 72.6 cm³/mol. The molecular weight excluding hydrogens is 274 g/mol. The summed E-state index contributed by atoms with van der Waals surface area (Å²) in [6.45, 7) is 0. The van der Waals surface area contributed by atoms with Crippen molar-refractivity contribution in [2.75, 3.05) is 12.4 Å². The highest BCUT2D eigenvalue weighted by Crippen LogP contribution is 2.48. The van der Waals surface area contributed by atoms with Crippen LogP contribution in [0.2, 0.25) is 0 Å². The minimum absolute atomic E-state index is 0.0118. The van der Waals surface area contributed by atoms with E-state index >= 15 is 0 Å². The maximum absolute atomic E-state index is 12.4. The molecule has 21 heavy (non-hydrogen) atoms. The van der Waals surface area contributed by atoms with Gasteiger partial charge in [0, 0.05) is 6.07 Å². The van der Waals surface area contributed by atoms with Gasteiger partial charge in [0.2, 0.25) is 11.8 Å². The highest BCUT2D eigenvalue weighted by molar-refractivity contribution is 5.95. The SMILES string of the molecule is COc1ccc(NC(=O)[C@@H]2[C@@H](C(=O)O)[C@H]3C=C[C@H]2C3)nn1. The number of nitrogens with one attached hydrogen (secondary N) is 1. The van der Waals surface area contributed by atoms with Gasteiger partial charge in [-0.25, -0.2) is 0 Å². The molecule has 4 atom stereocenters. The monoisotopic (exact) mass is 289 g/mol. The second-order valence-corrected chi connectivity index (χ2v) is 5.29. The topological polar surface area (TPSA) is 101 Å². The Morgan fingerprint density at radius 3 is 2.52 bits per heavy atom. The van der Waals surface area contributed by atoms with Gasteiger partial charge in [0.05, 0.1) is 18.9 Å². The molecule has 0 aromatic carbocycles. The van der Waals surface area contributed by atoms with Crippen LogP contribution in [0.25, 0.3) is 0 Å². The number of hydrogen-bond donors (Lipinski definition) is 2. The molecule has 0 radical (unpaired) electrons. The zero-order valence-electron chi connectivity index (χ0n) is 11.4. The summed E-state index contributed by atoms with van der Waals surface area (Å²) in [4.78, 5) is 23.8. The maximum atomic E-state index is 12.4. The molecule has 1 heterocycles. The van der Waals surface area contributed by atoms with Gasteiger partial charge in [-0.1, -0.05) is 12.2 Å². The van der Waals surface area contributed by atoms with Crippen molar-refractivity contribution >= 4 is 17.7 Å². The smallest absolute Gasteiger partial charge is 0.307 e. The summed E-state index contributed by atoms with van der Waals surface area (Å²) in [6, 6.07) is 3.15. The predicted octanol–water partition coefficient (Wildman–Crippen LogP) is 0.947. The highest BCUT2D eigenvalue weighted by Gasteiger charge is 2.51. The Balaban J connectivity index is 1.75. The molecular formula is C14H15N3O4. The van der Waals surface area contributed by atoms with E-state index in [1.807, 2.05) is 12.2 Å². The zero-order valence-corrected chi connectivity index (χ0v) is 11.4. The van der Waals surface area contributed by atoms with Crippen LogP contribution in [0, 0.1) is 23.7 Å². The number of carbonyl (C=O) groups excluding carboxylic acids is 1. The Hall–Kier alpha value is -2.44.